The van der Waals surface area contributed by atoms with E-state index >= 15 is 0 Å². The standard InChI is InChI=1S/C15H31N/c1-5-9-13(3)12-14(16-6-2)15(4)10-7-8-11-15/h13-14,16H,5-12H2,1-4H3. The fourth-order valence-corrected chi connectivity index (χ4v) is 3.40. The summed E-state index contributed by atoms with van der Waals surface area (Å²) in [5, 5.41) is 3.75. The van der Waals surface area contributed by atoms with Gasteiger partial charge >= 0.3 is 0 Å². The highest BCUT2D eigenvalue weighted by Crippen LogP contribution is 2.42. The zero-order valence-electron chi connectivity index (χ0n) is 11.8. The van der Waals surface area contributed by atoms with E-state index in [2.05, 4.69) is 33.0 Å². The van der Waals surface area contributed by atoms with Gasteiger partial charge in [-0.2, -0.15) is 0 Å². The fraction of sp³-hybridized carbons (Fsp3) is 1.00. The Morgan fingerprint density at radius 1 is 1.19 bits per heavy atom. The van der Waals surface area contributed by atoms with E-state index in [0.29, 0.717) is 5.41 Å². The molecule has 0 radical (unpaired) electrons. The van der Waals surface area contributed by atoms with Gasteiger partial charge in [-0.3, -0.25) is 0 Å². The molecule has 0 aromatic rings. The lowest BCUT2D eigenvalue weighted by Gasteiger charge is -2.36. The molecule has 1 rings (SSSR count). The minimum absolute atomic E-state index is 0.581. The molecule has 2 unspecified atom stereocenters. The first-order chi connectivity index (χ1) is 7.62. The Labute approximate surface area is 102 Å². The van der Waals surface area contributed by atoms with E-state index in [1.54, 1.807) is 0 Å². The second kappa shape index (κ2) is 6.64. The van der Waals surface area contributed by atoms with E-state index in [0.717, 1.165) is 18.5 Å². The highest BCUT2D eigenvalue weighted by molar-refractivity contribution is 4.91. The molecule has 0 heterocycles. The summed E-state index contributed by atoms with van der Waals surface area (Å²) >= 11 is 0. The zero-order chi connectivity index (χ0) is 12.0. The number of hydrogen-bond donors (Lipinski definition) is 1. The van der Waals surface area contributed by atoms with E-state index in [9.17, 15) is 0 Å². The topological polar surface area (TPSA) is 12.0 Å². The van der Waals surface area contributed by atoms with Crippen LogP contribution >= 0.6 is 0 Å². The van der Waals surface area contributed by atoms with Gasteiger partial charge in [0.05, 0.1) is 0 Å². The van der Waals surface area contributed by atoms with Crippen molar-refractivity contribution >= 4 is 0 Å². The third kappa shape index (κ3) is 3.76. The van der Waals surface area contributed by atoms with Crippen LogP contribution in [0.25, 0.3) is 0 Å². The van der Waals surface area contributed by atoms with Crippen LogP contribution in [0.1, 0.15) is 72.6 Å². The first-order valence-electron chi connectivity index (χ1n) is 7.35. The summed E-state index contributed by atoms with van der Waals surface area (Å²) in [6.07, 6.45) is 9.85. The van der Waals surface area contributed by atoms with Gasteiger partial charge in [-0.25, -0.2) is 0 Å². The number of rotatable bonds is 7. The van der Waals surface area contributed by atoms with Gasteiger partial charge in [0, 0.05) is 6.04 Å². The molecular formula is C15H31N. The van der Waals surface area contributed by atoms with E-state index in [1.165, 1.54) is 44.9 Å². The summed E-state index contributed by atoms with van der Waals surface area (Å²) < 4.78 is 0. The second-order valence-electron chi connectivity index (χ2n) is 6.10. The van der Waals surface area contributed by atoms with Crippen LogP contribution in [0.3, 0.4) is 0 Å². The smallest absolute Gasteiger partial charge is 0.0123 e. The normalized spacial score (nSPS) is 23.2. The van der Waals surface area contributed by atoms with Gasteiger partial charge in [-0.05, 0) is 37.1 Å². The predicted molar refractivity (Wildman–Crippen MR) is 72.7 cm³/mol. The maximum Gasteiger partial charge on any atom is 0.0123 e. The molecule has 0 saturated heterocycles. The van der Waals surface area contributed by atoms with Crippen molar-refractivity contribution in [2.24, 2.45) is 11.3 Å². The monoisotopic (exact) mass is 225 g/mol. The first kappa shape index (κ1) is 14.0. The molecular weight excluding hydrogens is 194 g/mol. The lowest BCUT2D eigenvalue weighted by Crippen LogP contribution is -2.43. The molecule has 0 spiro atoms. The summed E-state index contributed by atoms with van der Waals surface area (Å²) in [7, 11) is 0. The molecule has 1 saturated carbocycles. The number of hydrogen-bond acceptors (Lipinski definition) is 1. The molecule has 2 atom stereocenters. The molecule has 96 valence electrons. The molecule has 0 aromatic carbocycles. The lowest BCUT2D eigenvalue weighted by molar-refractivity contribution is 0.190. The SMILES string of the molecule is CCCC(C)CC(NCC)C1(C)CCCC1. The molecule has 16 heavy (non-hydrogen) atoms. The number of nitrogens with one attached hydrogen (secondary N) is 1. The molecule has 0 bridgehead atoms. The third-order valence-electron chi connectivity index (χ3n) is 4.46. The zero-order valence-corrected chi connectivity index (χ0v) is 11.8. The molecule has 0 aromatic heterocycles. The quantitative estimate of drug-likeness (QED) is 0.678. The highest BCUT2D eigenvalue weighted by Gasteiger charge is 2.36. The van der Waals surface area contributed by atoms with Crippen LogP contribution in [0, 0.1) is 11.3 Å². The Morgan fingerprint density at radius 3 is 2.31 bits per heavy atom. The van der Waals surface area contributed by atoms with Crippen molar-refractivity contribution in [1.82, 2.24) is 5.32 Å². The third-order valence-corrected chi connectivity index (χ3v) is 4.46. The molecule has 0 amide bonds. The van der Waals surface area contributed by atoms with E-state index < -0.39 is 0 Å². The van der Waals surface area contributed by atoms with Crippen LogP contribution < -0.4 is 5.32 Å². The molecule has 1 aliphatic rings. The van der Waals surface area contributed by atoms with Crippen LogP contribution in [0.15, 0.2) is 0 Å². The lowest BCUT2D eigenvalue weighted by atomic mass is 9.76. The van der Waals surface area contributed by atoms with Gasteiger partial charge in [0.25, 0.3) is 0 Å². The summed E-state index contributed by atoms with van der Waals surface area (Å²) in [6, 6.07) is 0.751. The van der Waals surface area contributed by atoms with Crippen molar-refractivity contribution in [3.63, 3.8) is 0 Å². The van der Waals surface area contributed by atoms with Crippen LogP contribution in [0.5, 0.6) is 0 Å². The van der Waals surface area contributed by atoms with Gasteiger partial charge in [0.1, 0.15) is 0 Å². The van der Waals surface area contributed by atoms with Gasteiger partial charge < -0.3 is 5.32 Å². The van der Waals surface area contributed by atoms with Crippen molar-refractivity contribution in [3.05, 3.63) is 0 Å². The van der Waals surface area contributed by atoms with Crippen LogP contribution in [0.2, 0.25) is 0 Å². The van der Waals surface area contributed by atoms with Crippen LogP contribution in [0.4, 0.5) is 0 Å². The van der Waals surface area contributed by atoms with Gasteiger partial charge in [0.2, 0.25) is 0 Å². The molecule has 1 N–H and O–H groups in total. The Bertz CT molecular complexity index is 182. The summed E-state index contributed by atoms with van der Waals surface area (Å²) in [4.78, 5) is 0. The van der Waals surface area contributed by atoms with Crippen molar-refractivity contribution in [3.8, 4) is 0 Å². The maximum absolute atomic E-state index is 3.75. The largest absolute Gasteiger partial charge is 0.314 e. The minimum Gasteiger partial charge on any atom is -0.314 e. The Morgan fingerprint density at radius 2 is 1.81 bits per heavy atom. The van der Waals surface area contributed by atoms with E-state index in [4.69, 9.17) is 0 Å². The molecule has 1 fully saturated rings. The summed E-state index contributed by atoms with van der Waals surface area (Å²) in [6.45, 7) is 10.6. The average Bonchev–Trinajstić information content (AvgIpc) is 2.66. The predicted octanol–water partition coefficient (Wildman–Crippen LogP) is 4.37. The van der Waals surface area contributed by atoms with Gasteiger partial charge in [0.15, 0.2) is 0 Å². The van der Waals surface area contributed by atoms with Crippen molar-refractivity contribution in [2.45, 2.75) is 78.7 Å². The van der Waals surface area contributed by atoms with Crippen LogP contribution in [-0.4, -0.2) is 12.6 Å². The second-order valence-corrected chi connectivity index (χ2v) is 6.10. The van der Waals surface area contributed by atoms with Gasteiger partial charge in [-0.15, -0.1) is 0 Å². The van der Waals surface area contributed by atoms with Crippen molar-refractivity contribution in [1.29, 1.82) is 0 Å². The average molecular weight is 225 g/mol. The van der Waals surface area contributed by atoms with Crippen LogP contribution in [-0.2, 0) is 0 Å². The molecule has 1 aliphatic carbocycles. The first-order valence-corrected chi connectivity index (χ1v) is 7.35. The van der Waals surface area contributed by atoms with Crippen molar-refractivity contribution in [2.75, 3.05) is 6.54 Å². The van der Waals surface area contributed by atoms with E-state index in [1.807, 2.05) is 0 Å². The molecule has 0 aliphatic heterocycles. The Balaban J connectivity index is 2.52. The molecule has 1 nitrogen and oxygen atoms in total. The van der Waals surface area contributed by atoms with Gasteiger partial charge in [-0.1, -0.05) is 53.4 Å². The Hall–Kier alpha value is -0.0400. The molecule has 1 heteroatoms. The Kier molecular flexibility index (Phi) is 5.82. The maximum atomic E-state index is 3.75. The van der Waals surface area contributed by atoms with E-state index in [-0.39, 0.29) is 0 Å². The fourth-order valence-electron chi connectivity index (χ4n) is 3.40. The summed E-state index contributed by atoms with van der Waals surface area (Å²) in [5.74, 6) is 0.881. The summed E-state index contributed by atoms with van der Waals surface area (Å²) in [5.41, 5.74) is 0.581. The highest BCUT2D eigenvalue weighted by atomic mass is 14.9. The van der Waals surface area contributed by atoms with Crippen molar-refractivity contribution < 1.29 is 0 Å². The minimum atomic E-state index is 0.581.